The first-order valence-electron chi connectivity index (χ1n) is 6.22. The molecule has 0 aromatic carbocycles. The Morgan fingerprint density at radius 3 is 2.56 bits per heavy atom. The topological polar surface area (TPSA) is 59.1 Å². The molecule has 18 heavy (non-hydrogen) atoms. The molecule has 0 aliphatic heterocycles. The number of hydrogen-bond acceptors (Lipinski definition) is 4. The maximum absolute atomic E-state index is 11.3. The maximum atomic E-state index is 11.3. The van der Waals surface area contributed by atoms with E-state index in [0.29, 0.717) is 6.04 Å². The van der Waals surface area contributed by atoms with E-state index in [2.05, 4.69) is 24.1 Å². The summed E-state index contributed by atoms with van der Waals surface area (Å²) in [5.41, 5.74) is 1.18. The van der Waals surface area contributed by atoms with Gasteiger partial charge >= 0.3 is 0 Å². The Hall–Kier alpha value is -1.10. The van der Waals surface area contributed by atoms with Crippen molar-refractivity contribution in [2.24, 2.45) is 5.41 Å². The number of sulfone groups is 1. The summed E-state index contributed by atoms with van der Waals surface area (Å²) in [6.07, 6.45) is 6.38. The molecule has 1 fully saturated rings. The van der Waals surface area contributed by atoms with Gasteiger partial charge in [0.25, 0.3) is 0 Å². The van der Waals surface area contributed by atoms with Gasteiger partial charge in [-0.05, 0) is 30.4 Å². The highest BCUT2D eigenvalue weighted by molar-refractivity contribution is 7.90. The second-order valence-corrected chi connectivity index (χ2v) is 7.70. The molecule has 1 saturated carbocycles. The van der Waals surface area contributed by atoms with Crippen LogP contribution >= 0.6 is 0 Å². The van der Waals surface area contributed by atoms with Crippen LogP contribution in [0.25, 0.3) is 0 Å². The summed E-state index contributed by atoms with van der Waals surface area (Å²) in [5.74, 6) is 0. The lowest BCUT2D eigenvalue weighted by molar-refractivity contribution is 0.350. The van der Waals surface area contributed by atoms with Crippen LogP contribution in [0.15, 0.2) is 23.4 Å². The van der Waals surface area contributed by atoms with Crippen LogP contribution in [0.2, 0.25) is 0 Å². The van der Waals surface area contributed by atoms with Crippen molar-refractivity contribution < 1.29 is 8.42 Å². The van der Waals surface area contributed by atoms with Gasteiger partial charge in [0.15, 0.2) is 14.9 Å². The van der Waals surface area contributed by atoms with Gasteiger partial charge in [-0.1, -0.05) is 20.3 Å². The third-order valence-corrected chi connectivity index (χ3v) is 4.72. The molecule has 0 spiro atoms. The van der Waals surface area contributed by atoms with E-state index < -0.39 is 9.84 Å². The van der Waals surface area contributed by atoms with Crippen LogP contribution in [0.5, 0.6) is 0 Å². The minimum Gasteiger partial charge on any atom is -0.381 e. The van der Waals surface area contributed by atoms with Gasteiger partial charge in [-0.15, -0.1) is 0 Å². The molecular weight excluding hydrogens is 248 g/mol. The predicted octanol–water partition coefficient (Wildman–Crippen LogP) is 2.48. The van der Waals surface area contributed by atoms with Crippen LogP contribution in [0, 0.1) is 5.41 Å². The summed E-state index contributed by atoms with van der Waals surface area (Å²) < 4.78 is 22.6. The molecule has 1 atom stereocenters. The molecule has 0 saturated heterocycles. The lowest BCUT2D eigenvalue weighted by Gasteiger charge is -2.28. The highest BCUT2D eigenvalue weighted by atomic mass is 32.2. The SMILES string of the molecule is CC1(C)CCCC1Nc1ccc(S(C)(=O)=O)nc1. The molecular formula is C13H20N2O2S. The average Bonchev–Trinajstić information content (AvgIpc) is 2.58. The Labute approximate surface area is 109 Å². The number of rotatable bonds is 3. The normalized spacial score (nSPS) is 22.9. The highest BCUT2D eigenvalue weighted by Gasteiger charge is 2.34. The van der Waals surface area contributed by atoms with E-state index in [1.54, 1.807) is 18.3 Å². The van der Waals surface area contributed by atoms with Gasteiger partial charge in [0.1, 0.15) is 0 Å². The summed E-state index contributed by atoms with van der Waals surface area (Å²) >= 11 is 0. The molecule has 100 valence electrons. The number of nitrogens with zero attached hydrogens (tertiary/aromatic N) is 1. The number of aromatic nitrogens is 1. The van der Waals surface area contributed by atoms with Crippen molar-refractivity contribution in [2.75, 3.05) is 11.6 Å². The molecule has 5 heteroatoms. The Balaban J connectivity index is 2.12. The Kier molecular flexibility index (Phi) is 3.36. The van der Waals surface area contributed by atoms with E-state index in [1.807, 2.05) is 0 Å². The molecule has 1 unspecified atom stereocenters. The van der Waals surface area contributed by atoms with Crippen molar-refractivity contribution >= 4 is 15.5 Å². The fourth-order valence-electron chi connectivity index (χ4n) is 2.48. The zero-order valence-corrected chi connectivity index (χ0v) is 11.9. The molecule has 2 rings (SSSR count). The second-order valence-electron chi connectivity index (χ2n) is 5.74. The van der Waals surface area contributed by atoms with Crippen molar-refractivity contribution in [1.29, 1.82) is 0 Å². The van der Waals surface area contributed by atoms with Gasteiger partial charge in [0, 0.05) is 12.3 Å². The summed E-state index contributed by atoms with van der Waals surface area (Å²) in [6.45, 7) is 4.52. The maximum Gasteiger partial charge on any atom is 0.192 e. The quantitative estimate of drug-likeness (QED) is 0.915. The molecule has 1 N–H and O–H groups in total. The Bertz CT molecular complexity index is 520. The third-order valence-electron chi connectivity index (χ3n) is 3.71. The van der Waals surface area contributed by atoms with Crippen molar-refractivity contribution in [2.45, 2.75) is 44.2 Å². The lowest BCUT2D eigenvalue weighted by atomic mass is 9.87. The van der Waals surface area contributed by atoms with Crippen molar-refractivity contribution in [3.05, 3.63) is 18.3 Å². The first kappa shape index (κ1) is 13.3. The van der Waals surface area contributed by atoms with Gasteiger partial charge in [-0.2, -0.15) is 0 Å². The van der Waals surface area contributed by atoms with Crippen LogP contribution in [-0.2, 0) is 9.84 Å². The zero-order chi connectivity index (χ0) is 13.4. The van der Waals surface area contributed by atoms with Crippen LogP contribution in [-0.4, -0.2) is 25.7 Å². The molecule has 1 aromatic heterocycles. The summed E-state index contributed by atoms with van der Waals surface area (Å²) in [4.78, 5) is 3.99. The van der Waals surface area contributed by atoms with E-state index >= 15 is 0 Å². The van der Waals surface area contributed by atoms with E-state index in [4.69, 9.17) is 0 Å². The first-order valence-corrected chi connectivity index (χ1v) is 8.11. The minimum atomic E-state index is -3.21. The molecule has 0 amide bonds. The Morgan fingerprint density at radius 2 is 2.11 bits per heavy atom. The molecule has 4 nitrogen and oxygen atoms in total. The van der Waals surface area contributed by atoms with Crippen LogP contribution < -0.4 is 5.32 Å². The van der Waals surface area contributed by atoms with Crippen LogP contribution in [0.3, 0.4) is 0 Å². The van der Waals surface area contributed by atoms with Gasteiger partial charge in [-0.3, -0.25) is 0 Å². The predicted molar refractivity (Wildman–Crippen MR) is 72.4 cm³/mol. The first-order chi connectivity index (χ1) is 8.29. The smallest absolute Gasteiger partial charge is 0.192 e. The molecule has 0 bridgehead atoms. The Morgan fingerprint density at radius 1 is 1.39 bits per heavy atom. The molecule has 1 heterocycles. The lowest BCUT2D eigenvalue weighted by Crippen LogP contribution is -2.30. The van der Waals surface area contributed by atoms with Crippen molar-refractivity contribution in [3.63, 3.8) is 0 Å². The number of hydrogen-bond donors (Lipinski definition) is 1. The standard InChI is InChI=1S/C13H20N2O2S/c1-13(2)8-4-5-11(13)15-10-6-7-12(14-9-10)18(3,16)17/h6-7,9,11,15H,4-5,8H2,1-3H3. The number of nitrogens with one attached hydrogen (secondary N) is 1. The van der Waals surface area contributed by atoms with Crippen molar-refractivity contribution in [3.8, 4) is 0 Å². The highest BCUT2D eigenvalue weighted by Crippen LogP contribution is 2.38. The van der Waals surface area contributed by atoms with E-state index in [9.17, 15) is 8.42 Å². The largest absolute Gasteiger partial charge is 0.381 e. The minimum absolute atomic E-state index is 0.124. The molecule has 1 aromatic rings. The van der Waals surface area contributed by atoms with Gasteiger partial charge in [0.2, 0.25) is 0 Å². The molecule has 1 aliphatic carbocycles. The summed E-state index contributed by atoms with van der Waals surface area (Å²) in [5, 5.41) is 3.58. The third kappa shape index (κ3) is 2.83. The monoisotopic (exact) mass is 268 g/mol. The van der Waals surface area contributed by atoms with Crippen LogP contribution in [0.4, 0.5) is 5.69 Å². The van der Waals surface area contributed by atoms with Gasteiger partial charge in [-0.25, -0.2) is 13.4 Å². The summed E-state index contributed by atoms with van der Waals surface area (Å²) in [6, 6.07) is 3.78. The zero-order valence-electron chi connectivity index (χ0n) is 11.1. The van der Waals surface area contributed by atoms with Crippen LogP contribution in [0.1, 0.15) is 33.1 Å². The second kappa shape index (κ2) is 4.53. The molecule has 1 aliphatic rings. The van der Waals surface area contributed by atoms with E-state index in [-0.39, 0.29) is 10.4 Å². The number of pyridine rings is 1. The van der Waals surface area contributed by atoms with Gasteiger partial charge < -0.3 is 5.32 Å². The average molecular weight is 268 g/mol. The number of anilines is 1. The fraction of sp³-hybridized carbons (Fsp3) is 0.615. The van der Waals surface area contributed by atoms with Gasteiger partial charge in [0.05, 0.1) is 11.9 Å². The van der Waals surface area contributed by atoms with E-state index in [1.165, 1.54) is 19.1 Å². The summed E-state index contributed by atoms with van der Waals surface area (Å²) in [7, 11) is -3.21. The fourth-order valence-corrected chi connectivity index (χ4v) is 3.04. The van der Waals surface area contributed by atoms with Crippen molar-refractivity contribution in [1.82, 2.24) is 4.98 Å². The molecule has 0 radical (unpaired) electrons. The van der Waals surface area contributed by atoms with E-state index in [0.717, 1.165) is 12.1 Å².